The molecule has 0 heterocycles. The Balaban J connectivity index is 1.29. The molecule has 340 valence electrons. The third-order valence-corrected chi connectivity index (χ3v) is 12.8. The lowest BCUT2D eigenvalue weighted by atomic mass is 9.75. The molecule has 0 aliphatic heterocycles. The fourth-order valence-electron chi connectivity index (χ4n) is 9.11. The average molecular weight is 895 g/mol. The molecule has 0 bridgehead atoms. The number of rotatable bonds is 16. The summed E-state index contributed by atoms with van der Waals surface area (Å²) in [6.07, 6.45) is 0. The van der Waals surface area contributed by atoms with Gasteiger partial charge in [-0.15, -0.1) is 0 Å². The van der Waals surface area contributed by atoms with Gasteiger partial charge < -0.3 is 39.8 Å². The molecule has 67 heavy (non-hydrogen) atoms. The Morgan fingerprint density at radius 3 is 0.970 bits per heavy atom. The van der Waals surface area contributed by atoms with E-state index in [9.17, 15) is 10.2 Å². The highest BCUT2D eigenvalue weighted by atomic mass is 16.5. The summed E-state index contributed by atoms with van der Waals surface area (Å²) in [5, 5.41) is 37.4. The molecule has 8 rings (SSSR count). The van der Waals surface area contributed by atoms with Crippen molar-refractivity contribution in [2.45, 2.75) is 37.1 Å². The van der Waals surface area contributed by atoms with Crippen molar-refractivity contribution < 1.29 is 38.7 Å². The molecule has 0 aliphatic rings. The first-order chi connectivity index (χ1) is 32.4. The lowest BCUT2D eigenvalue weighted by molar-refractivity contribution is -0.144. The molecule has 2 unspecified atom stereocenters. The highest BCUT2D eigenvalue weighted by Crippen LogP contribution is 2.50. The number of nitrogens with one attached hydrogen (secondary N) is 2. The monoisotopic (exact) mass is 894 g/mol. The van der Waals surface area contributed by atoms with Crippen molar-refractivity contribution in [3.63, 3.8) is 0 Å². The molecule has 10 nitrogen and oxygen atoms in total. The molecule has 0 fully saturated rings. The van der Waals surface area contributed by atoms with E-state index in [1.165, 1.54) is 42.3 Å². The largest absolute Gasteiger partial charge is 0.496 e. The molecule has 0 aromatic heterocycles. The molecule has 0 saturated heterocycles. The molecule has 0 spiro atoms. The van der Waals surface area contributed by atoms with Crippen molar-refractivity contribution in [3.05, 3.63) is 215 Å². The number of benzene rings is 8. The first kappa shape index (κ1) is 45.9. The Bertz CT molecular complexity index is 2770. The van der Waals surface area contributed by atoms with Crippen molar-refractivity contribution in [1.82, 2.24) is 10.6 Å². The Kier molecular flexibility index (Phi) is 13.0. The van der Waals surface area contributed by atoms with E-state index in [0.717, 1.165) is 21.5 Å². The van der Waals surface area contributed by atoms with Gasteiger partial charge in [0, 0.05) is 22.3 Å². The molecule has 8 aromatic carbocycles. The Morgan fingerprint density at radius 1 is 0.403 bits per heavy atom. The topological polar surface area (TPSA) is 136 Å². The average Bonchev–Trinajstić information content (AvgIpc) is 3.38. The van der Waals surface area contributed by atoms with E-state index in [0.29, 0.717) is 56.4 Å². The Hall–Kier alpha value is -7.66. The van der Waals surface area contributed by atoms with Crippen LogP contribution in [0.3, 0.4) is 0 Å². The maximum absolute atomic E-state index is 15.4. The first-order valence-corrected chi connectivity index (χ1v) is 22.0. The number of carbonyl (C=O) groups excluding carboxylic acids is 2. The smallest absolute Gasteiger partial charge is 0.235 e. The summed E-state index contributed by atoms with van der Waals surface area (Å²) in [5.41, 5.74) is -3.53. The van der Waals surface area contributed by atoms with Crippen LogP contribution in [0.25, 0.3) is 21.5 Å². The molecule has 10 heteroatoms. The number of methoxy groups -OCH3 is 4. The lowest BCUT2D eigenvalue weighted by Crippen LogP contribution is -2.55. The van der Waals surface area contributed by atoms with Gasteiger partial charge in [-0.05, 0) is 82.9 Å². The van der Waals surface area contributed by atoms with Gasteiger partial charge in [0.2, 0.25) is 11.8 Å². The van der Waals surface area contributed by atoms with Gasteiger partial charge in [0.1, 0.15) is 39.6 Å². The number of para-hydroxylation sites is 4. The van der Waals surface area contributed by atoms with Crippen molar-refractivity contribution in [2.75, 3.05) is 28.4 Å². The van der Waals surface area contributed by atoms with Crippen molar-refractivity contribution in [3.8, 4) is 23.0 Å². The number of hydrogen-bond acceptors (Lipinski definition) is 8. The maximum Gasteiger partial charge on any atom is 0.235 e. The molecule has 0 saturated carbocycles. The van der Waals surface area contributed by atoms with Crippen molar-refractivity contribution >= 4 is 33.4 Å². The lowest BCUT2D eigenvalue weighted by Gasteiger charge is -2.42. The van der Waals surface area contributed by atoms with E-state index in [1.54, 1.807) is 97.1 Å². The summed E-state index contributed by atoms with van der Waals surface area (Å²) in [6, 6.07) is 52.8. The number of amides is 2. The maximum atomic E-state index is 15.4. The van der Waals surface area contributed by atoms with Crippen LogP contribution in [0.2, 0.25) is 0 Å². The quantitative estimate of drug-likeness (QED) is 0.0705. The van der Waals surface area contributed by atoms with E-state index in [4.69, 9.17) is 18.9 Å². The molecule has 2 atom stereocenters. The molecule has 2 amide bonds. The van der Waals surface area contributed by atoms with Crippen LogP contribution in [0.4, 0.5) is 0 Å². The molecule has 0 radical (unpaired) electrons. The third kappa shape index (κ3) is 8.42. The zero-order valence-electron chi connectivity index (χ0n) is 38.3. The molecule has 0 aliphatic carbocycles. The Morgan fingerprint density at radius 2 is 0.672 bits per heavy atom. The van der Waals surface area contributed by atoms with Crippen molar-refractivity contribution in [1.29, 1.82) is 0 Å². The van der Waals surface area contributed by atoms with Gasteiger partial charge in [0.05, 0.1) is 40.5 Å². The summed E-state index contributed by atoms with van der Waals surface area (Å²) >= 11 is 0. The van der Waals surface area contributed by atoms with Gasteiger partial charge in [-0.1, -0.05) is 146 Å². The fraction of sp³-hybridized carbons (Fsp3) is 0.193. The predicted molar refractivity (Wildman–Crippen MR) is 261 cm³/mol. The Labute approximate surface area is 390 Å². The molecule has 4 N–H and O–H groups in total. The highest BCUT2D eigenvalue weighted by Gasteiger charge is 2.51. The summed E-state index contributed by atoms with van der Waals surface area (Å²) in [4.78, 5) is 30.8. The van der Waals surface area contributed by atoms with E-state index in [1.807, 2.05) is 84.9 Å². The van der Waals surface area contributed by atoms with Crippen molar-refractivity contribution in [2.24, 2.45) is 5.41 Å². The van der Waals surface area contributed by atoms with Crippen LogP contribution >= 0.6 is 0 Å². The van der Waals surface area contributed by atoms with Gasteiger partial charge in [-0.2, -0.15) is 0 Å². The van der Waals surface area contributed by atoms with E-state index in [2.05, 4.69) is 10.6 Å². The number of hydrogen-bond donors (Lipinski definition) is 4. The van der Waals surface area contributed by atoms with Crippen LogP contribution in [0.5, 0.6) is 23.0 Å². The SMILES string of the molecule is COc1ccccc1C(O)(c1ccccc1OC)C(NC(=O)C(C)(C)C(=O)NC(c1ccc2ccccc2c1)C(O)(c1ccccc1OC)c1ccccc1OC)c1ccc2ccccc2c1. The van der Waals surface area contributed by atoms with Crippen LogP contribution in [0.15, 0.2) is 182 Å². The van der Waals surface area contributed by atoms with E-state index < -0.39 is 40.5 Å². The van der Waals surface area contributed by atoms with E-state index in [-0.39, 0.29) is 0 Å². The standard InChI is InChI=1S/C57H54N2O8/c1-55(2,53(60)58-51(41-33-31-37-19-7-9-21-39(37)35-41)56(62,43-23-11-15-27-47(43)64-3)44-24-12-16-28-48(44)65-4)54(61)59-52(42-34-32-38-20-8-10-22-40(38)36-42)57(63,45-25-13-17-29-49(45)66-5)46-26-14-18-30-50(46)67-6/h7-36,51-52,62-63H,1-6H3,(H,58,60)(H,59,61). The van der Waals surface area contributed by atoms with Crippen LogP contribution in [0, 0.1) is 5.41 Å². The highest BCUT2D eigenvalue weighted by molar-refractivity contribution is 6.04. The molecular formula is C57H54N2O8. The summed E-state index contributed by atoms with van der Waals surface area (Å²) in [5.74, 6) is -0.00362. The van der Waals surface area contributed by atoms with Gasteiger partial charge >= 0.3 is 0 Å². The van der Waals surface area contributed by atoms with Gasteiger partial charge in [0.15, 0.2) is 0 Å². The van der Waals surface area contributed by atoms with Gasteiger partial charge in [-0.25, -0.2) is 0 Å². The second-order valence-corrected chi connectivity index (χ2v) is 17.0. The van der Waals surface area contributed by atoms with Crippen LogP contribution in [-0.2, 0) is 20.8 Å². The number of aliphatic hydroxyl groups is 2. The van der Waals surface area contributed by atoms with Crippen LogP contribution in [0.1, 0.15) is 59.3 Å². The fourth-order valence-corrected chi connectivity index (χ4v) is 9.11. The normalized spacial score (nSPS) is 12.8. The van der Waals surface area contributed by atoms with Gasteiger partial charge in [-0.3, -0.25) is 9.59 Å². The summed E-state index contributed by atoms with van der Waals surface area (Å²) in [7, 11) is 6.06. The van der Waals surface area contributed by atoms with Crippen LogP contribution in [-0.4, -0.2) is 50.5 Å². The minimum atomic E-state index is -2.06. The molecular weight excluding hydrogens is 841 g/mol. The predicted octanol–water partition coefficient (Wildman–Crippen LogP) is 9.94. The minimum Gasteiger partial charge on any atom is -0.496 e. The molecule has 8 aromatic rings. The second-order valence-electron chi connectivity index (χ2n) is 17.0. The zero-order chi connectivity index (χ0) is 47.3. The minimum absolute atomic E-state index is 0.345. The number of carbonyl (C=O) groups is 2. The van der Waals surface area contributed by atoms with E-state index >= 15 is 9.59 Å². The zero-order valence-corrected chi connectivity index (χ0v) is 38.3. The van der Waals surface area contributed by atoms with Gasteiger partial charge in [0.25, 0.3) is 0 Å². The summed E-state index contributed by atoms with van der Waals surface area (Å²) in [6.45, 7) is 3.03. The number of ether oxygens (including phenoxy) is 4. The van der Waals surface area contributed by atoms with Crippen LogP contribution < -0.4 is 29.6 Å². The third-order valence-electron chi connectivity index (χ3n) is 12.8. The first-order valence-electron chi connectivity index (χ1n) is 22.0. The second kappa shape index (κ2) is 19.1. The summed E-state index contributed by atoms with van der Waals surface area (Å²) < 4.78 is 23.5. The number of fused-ring (bicyclic) bond motifs is 2.